The van der Waals surface area contributed by atoms with Crippen LogP contribution in [0.3, 0.4) is 0 Å². The Morgan fingerprint density at radius 2 is 1.93 bits per heavy atom. The van der Waals surface area contributed by atoms with E-state index in [9.17, 15) is 4.79 Å². The largest absolute Gasteiger partial charge is 0.462 e. The van der Waals surface area contributed by atoms with Crippen LogP contribution in [0.5, 0.6) is 0 Å². The molecule has 82 valence electrons. The van der Waals surface area contributed by atoms with Gasteiger partial charge in [0.05, 0.1) is 13.2 Å². The van der Waals surface area contributed by atoms with Gasteiger partial charge in [0.15, 0.2) is 0 Å². The normalized spacial score (nSPS) is 10.3. The van der Waals surface area contributed by atoms with Gasteiger partial charge in [-0.05, 0) is 19.8 Å². The molecule has 0 aliphatic rings. The maximum absolute atomic E-state index is 10.9. The molecule has 0 fully saturated rings. The van der Waals surface area contributed by atoms with Crippen LogP contribution >= 0.6 is 8.60 Å². The summed E-state index contributed by atoms with van der Waals surface area (Å²) in [7, 11) is -2.27. The van der Waals surface area contributed by atoms with Gasteiger partial charge in [0.2, 0.25) is 0 Å². The highest BCUT2D eigenvalue weighted by Gasteiger charge is 2.02. The first-order valence-electron chi connectivity index (χ1n) is 4.17. The molecule has 0 atom stereocenters. The Morgan fingerprint density at radius 3 is 2.43 bits per heavy atom. The monoisotopic (exact) mass is 222 g/mol. The number of rotatable bonds is 7. The first kappa shape index (κ1) is 13.5. The van der Waals surface area contributed by atoms with Crippen molar-refractivity contribution in [1.29, 1.82) is 0 Å². The zero-order valence-electron chi connectivity index (χ0n) is 8.10. The molecule has 6 heteroatoms. The van der Waals surface area contributed by atoms with Crippen LogP contribution in [0.4, 0.5) is 0 Å². The topological polar surface area (TPSA) is 76.0 Å². The molecule has 0 radical (unpaired) electrons. The van der Waals surface area contributed by atoms with Crippen LogP contribution < -0.4 is 0 Å². The summed E-state index contributed by atoms with van der Waals surface area (Å²) < 4.78 is 9.31. The van der Waals surface area contributed by atoms with Crippen molar-refractivity contribution in [3.05, 3.63) is 12.2 Å². The van der Waals surface area contributed by atoms with Crippen molar-refractivity contribution in [2.24, 2.45) is 0 Å². The molecule has 2 N–H and O–H groups in total. The zero-order valence-corrected chi connectivity index (χ0v) is 9.00. The van der Waals surface area contributed by atoms with Crippen LogP contribution in [-0.2, 0) is 14.1 Å². The molecule has 0 saturated heterocycles. The Labute approximate surface area is 84.3 Å². The summed E-state index contributed by atoms with van der Waals surface area (Å²) in [4.78, 5) is 27.6. The minimum atomic E-state index is -2.27. The molecule has 0 aromatic carbocycles. The van der Waals surface area contributed by atoms with Crippen molar-refractivity contribution in [3.8, 4) is 0 Å². The van der Waals surface area contributed by atoms with Crippen LogP contribution in [0.1, 0.15) is 19.8 Å². The molecule has 0 unspecified atom stereocenters. The van der Waals surface area contributed by atoms with E-state index < -0.39 is 14.6 Å². The second-order valence-corrected chi connectivity index (χ2v) is 3.47. The maximum atomic E-state index is 10.9. The van der Waals surface area contributed by atoms with Crippen molar-refractivity contribution in [2.45, 2.75) is 19.8 Å². The van der Waals surface area contributed by atoms with Gasteiger partial charge < -0.3 is 19.0 Å². The van der Waals surface area contributed by atoms with E-state index >= 15 is 0 Å². The van der Waals surface area contributed by atoms with E-state index in [1.54, 1.807) is 6.92 Å². The van der Waals surface area contributed by atoms with Gasteiger partial charge >= 0.3 is 14.6 Å². The van der Waals surface area contributed by atoms with Crippen LogP contribution in [0.15, 0.2) is 12.2 Å². The van der Waals surface area contributed by atoms with Crippen LogP contribution in [0.25, 0.3) is 0 Å². The molecule has 0 aromatic rings. The highest BCUT2D eigenvalue weighted by atomic mass is 31.2. The van der Waals surface area contributed by atoms with E-state index in [1.807, 2.05) is 0 Å². The summed E-state index contributed by atoms with van der Waals surface area (Å²) in [6, 6.07) is 0. The molecule has 0 rings (SSSR count). The fraction of sp³-hybridized carbons (Fsp3) is 0.625. The first-order valence-corrected chi connectivity index (χ1v) is 5.34. The summed E-state index contributed by atoms with van der Waals surface area (Å²) in [5.41, 5.74) is 0.371. The third-order valence-electron chi connectivity index (χ3n) is 1.33. The Kier molecular flexibility index (Phi) is 7.61. The lowest BCUT2D eigenvalue weighted by molar-refractivity contribution is -0.139. The number of unbranched alkanes of at least 4 members (excludes halogenated alkanes) is 1. The summed E-state index contributed by atoms with van der Waals surface area (Å²) in [6.45, 7) is 5.56. The van der Waals surface area contributed by atoms with Gasteiger partial charge in [0.1, 0.15) is 0 Å². The number of hydrogen-bond donors (Lipinski definition) is 2. The molecular weight excluding hydrogens is 207 g/mol. The lowest BCUT2D eigenvalue weighted by Gasteiger charge is -2.05. The molecule has 0 aromatic heterocycles. The van der Waals surface area contributed by atoms with E-state index in [2.05, 4.69) is 11.1 Å². The summed E-state index contributed by atoms with van der Waals surface area (Å²) in [5, 5.41) is 0. The van der Waals surface area contributed by atoms with Crippen molar-refractivity contribution in [1.82, 2.24) is 0 Å². The number of hydrogen-bond acceptors (Lipinski definition) is 5. The molecule has 0 aliphatic heterocycles. The summed E-state index contributed by atoms with van der Waals surface area (Å²) in [6.07, 6.45) is 1.24. The van der Waals surface area contributed by atoms with Gasteiger partial charge in [0, 0.05) is 5.57 Å². The van der Waals surface area contributed by atoms with Gasteiger partial charge in [-0.2, -0.15) is 0 Å². The number of esters is 1. The Bertz CT molecular complexity index is 192. The van der Waals surface area contributed by atoms with Crippen LogP contribution in [-0.4, -0.2) is 29.0 Å². The first-order chi connectivity index (χ1) is 6.54. The average molecular weight is 222 g/mol. The van der Waals surface area contributed by atoms with Gasteiger partial charge in [-0.25, -0.2) is 4.79 Å². The van der Waals surface area contributed by atoms with Gasteiger partial charge in [-0.15, -0.1) is 0 Å². The minimum absolute atomic E-state index is 0.253. The third kappa shape index (κ3) is 8.13. The van der Waals surface area contributed by atoms with E-state index in [4.69, 9.17) is 14.5 Å². The van der Waals surface area contributed by atoms with Gasteiger partial charge in [-0.1, -0.05) is 6.58 Å². The molecule has 0 saturated carbocycles. The third-order valence-corrected chi connectivity index (χ3v) is 1.74. The van der Waals surface area contributed by atoms with Gasteiger partial charge in [-0.3, -0.25) is 0 Å². The summed E-state index contributed by atoms with van der Waals surface area (Å²) >= 11 is 0. The average Bonchev–Trinajstić information content (AvgIpc) is 2.09. The SMILES string of the molecule is C=C(C)C(=O)OCCCCOP(O)O. The fourth-order valence-corrected chi connectivity index (χ4v) is 0.931. The van der Waals surface area contributed by atoms with Crippen LogP contribution in [0, 0.1) is 0 Å². The van der Waals surface area contributed by atoms with Crippen LogP contribution in [0.2, 0.25) is 0 Å². The Balaban J connectivity index is 3.22. The molecule has 0 aliphatic carbocycles. The molecule has 0 spiro atoms. The lowest BCUT2D eigenvalue weighted by atomic mass is 10.3. The predicted octanol–water partition coefficient (Wildman–Crippen LogP) is 1.11. The Morgan fingerprint density at radius 1 is 1.36 bits per heavy atom. The number of carbonyl (C=O) groups is 1. The lowest BCUT2D eigenvalue weighted by Crippen LogP contribution is -2.06. The highest BCUT2D eigenvalue weighted by molar-refractivity contribution is 7.39. The smallest absolute Gasteiger partial charge is 0.333 e. The second kappa shape index (κ2) is 7.88. The number of carbonyl (C=O) groups excluding carboxylic acids is 1. The van der Waals surface area contributed by atoms with Crippen molar-refractivity contribution < 1.29 is 23.8 Å². The minimum Gasteiger partial charge on any atom is -0.462 e. The molecule has 0 bridgehead atoms. The molecule has 14 heavy (non-hydrogen) atoms. The molecular formula is C8H15O5P. The quantitative estimate of drug-likeness (QED) is 0.292. The zero-order chi connectivity index (χ0) is 11.0. The molecule has 5 nitrogen and oxygen atoms in total. The van der Waals surface area contributed by atoms with Gasteiger partial charge in [0.25, 0.3) is 0 Å². The van der Waals surface area contributed by atoms with Crippen molar-refractivity contribution in [2.75, 3.05) is 13.2 Å². The highest BCUT2D eigenvalue weighted by Crippen LogP contribution is 2.24. The fourth-order valence-electron chi connectivity index (χ4n) is 0.638. The van der Waals surface area contributed by atoms with Crippen molar-refractivity contribution >= 4 is 14.6 Å². The van der Waals surface area contributed by atoms with Crippen molar-refractivity contribution in [3.63, 3.8) is 0 Å². The Hall–Kier alpha value is -0.480. The summed E-state index contributed by atoms with van der Waals surface area (Å²) in [5.74, 6) is -0.405. The number of ether oxygens (including phenoxy) is 1. The van der Waals surface area contributed by atoms with E-state index in [0.717, 1.165) is 0 Å². The van der Waals surface area contributed by atoms with E-state index in [-0.39, 0.29) is 6.61 Å². The van der Waals surface area contributed by atoms with E-state index in [0.29, 0.717) is 25.0 Å². The maximum Gasteiger partial charge on any atom is 0.333 e. The standard InChI is InChI=1S/C8H15O5P/c1-7(2)8(9)12-5-3-4-6-13-14(10)11/h10-11H,1,3-6H2,2H3. The second-order valence-electron chi connectivity index (χ2n) is 2.71. The molecule has 0 heterocycles. The predicted molar refractivity (Wildman–Crippen MR) is 52.3 cm³/mol. The molecule has 0 amide bonds. The van der Waals surface area contributed by atoms with E-state index in [1.165, 1.54) is 0 Å².